The minimum Gasteiger partial charge on any atom is -0.481 e. The number of esters is 1. The van der Waals surface area contributed by atoms with Crippen molar-refractivity contribution in [3.8, 4) is 0 Å². The van der Waals surface area contributed by atoms with Crippen LogP contribution in [0.25, 0.3) is 0 Å². The Kier molecular flexibility index (Phi) is 17.8. The highest BCUT2D eigenvalue weighted by atomic mass is 16.5. The van der Waals surface area contributed by atoms with Crippen molar-refractivity contribution < 1.29 is 29.6 Å². The summed E-state index contributed by atoms with van der Waals surface area (Å²) < 4.78 is 5.91. The Hall–Kier alpha value is -1.14. The largest absolute Gasteiger partial charge is 0.481 e. The summed E-state index contributed by atoms with van der Waals surface area (Å²) in [6, 6.07) is 0. The van der Waals surface area contributed by atoms with E-state index in [-0.39, 0.29) is 18.2 Å². The highest BCUT2D eigenvalue weighted by molar-refractivity contribution is 5.69. The number of carboxylic acid groups (broad SMARTS) is 1. The number of hydrogen-bond acceptors (Lipinski definition) is 5. The van der Waals surface area contributed by atoms with Crippen LogP contribution < -0.4 is 0 Å². The second-order valence-electron chi connectivity index (χ2n) is 31.6. The van der Waals surface area contributed by atoms with Gasteiger partial charge in [-0.05, 0) is 301 Å². The van der Waals surface area contributed by atoms with Crippen LogP contribution in [0.5, 0.6) is 0 Å². The van der Waals surface area contributed by atoms with E-state index in [1.54, 1.807) is 0 Å². The molecule has 76 heavy (non-hydrogen) atoms. The molecule has 12 saturated carbocycles. The second kappa shape index (κ2) is 23.3. The number of ether oxygens (including phenoxy) is 1. The van der Waals surface area contributed by atoms with Gasteiger partial charge in [0.2, 0.25) is 0 Å². The molecule has 23 atom stereocenters. The van der Waals surface area contributed by atoms with Crippen LogP contribution in [0, 0.1) is 121 Å². The maximum absolute atomic E-state index is 12.9. The standard InChI is InChI=1S/C45H74O3.C23H38O3.C2H6/c1-42-23-7-5-11-30(42)18-20-35-37-21-19-31(44(37,3)25-22-38(35)42)14-10-26-48-41(47)15-9-13-32-16-17-34-27-36-39(29-45(32,34)4)43(2)24-8-6-12-33(43)28-40(36)46;1-22-12-4-3-6-16(22)14-19(24)21-17-10-9-15(7-5-8-20(25)26)23(17,2)13-11-18(21)22;1-2/h30-40,46H,5-29H2,1-4H3;15-19,21,24H,3-14H2,1-2H3,(H,25,26);1-2H3. The minimum atomic E-state index is -0.660. The van der Waals surface area contributed by atoms with Crippen LogP contribution >= 0.6 is 0 Å². The van der Waals surface area contributed by atoms with Crippen molar-refractivity contribution >= 4 is 11.9 Å². The van der Waals surface area contributed by atoms with E-state index in [9.17, 15) is 19.8 Å². The predicted molar refractivity (Wildman–Crippen MR) is 309 cm³/mol. The topological polar surface area (TPSA) is 104 Å². The Bertz CT molecular complexity index is 1970. The van der Waals surface area contributed by atoms with Gasteiger partial charge in [-0.2, -0.15) is 0 Å². The Morgan fingerprint density at radius 1 is 0.434 bits per heavy atom. The third-order valence-electron chi connectivity index (χ3n) is 29.2. The fraction of sp³-hybridized carbons (Fsp3) is 0.971. The fourth-order valence-corrected chi connectivity index (χ4v) is 24.9. The van der Waals surface area contributed by atoms with Crippen LogP contribution in [0.15, 0.2) is 0 Å². The minimum absolute atomic E-state index is 0.0554. The molecule has 3 N–H and O–H groups in total. The quantitative estimate of drug-likeness (QED) is 0.133. The molecule has 12 aliphatic carbocycles. The van der Waals surface area contributed by atoms with Gasteiger partial charge in [0.05, 0.1) is 18.8 Å². The number of aliphatic hydroxyl groups is 2. The summed E-state index contributed by atoms with van der Waals surface area (Å²) in [4.78, 5) is 23.8. The smallest absolute Gasteiger partial charge is 0.305 e. The molecular formula is C70H118O6. The van der Waals surface area contributed by atoms with Crippen molar-refractivity contribution in [2.24, 2.45) is 121 Å². The third-order valence-corrected chi connectivity index (χ3v) is 29.2. The highest BCUT2D eigenvalue weighted by Gasteiger charge is 2.64. The van der Waals surface area contributed by atoms with Gasteiger partial charge in [-0.25, -0.2) is 0 Å². The molecule has 0 bridgehead atoms. The Balaban J connectivity index is 0.000000198. The lowest BCUT2D eigenvalue weighted by Gasteiger charge is -2.62. The number of aliphatic hydroxyl groups excluding tert-OH is 2. The van der Waals surface area contributed by atoms with Gasteiger partial charge in [-0.15, -0.1) is 0 Å². The van der Waals surface area contributed by atoms with Crippen molar-refractivity contribution in [3.63, 3.8) is 0 Å². The third kappa shape index (κ3) is 10.3. The van der Waals surface area contributed by atoms with Gasteiger partial charge in [0.1, 0.15) is 0 Å². The van der Waals surface area contributed by atoms with E-state index in [4.69, 9.17) is 9.84 Å². The van der Waals surface area contributed by atoms with Crippen molar-refractivity contribution in [2.75, 3.05) is 6.61 Å². The summed E-state index contributed by atoms with van der Waals surface area (Å²) >= 11 is 0. The molecule has 0 heterocycles. The fourth-order valence-electron chi connectivity index (χ4n) is 24.9. The van der Waals surface area contributed by atoms with Gasteiger partial charge in [0.25, 0.3) is 0 Å². The van der Waals surface area contributed by atoms with Crippen LogP contribution in [0.1, 0.15) is 287 Å². The zero-order chi connectivity index (χ0) is 53.8. The first-order valence-electron chi connectivity index (χ1n) is 34.2. The molecule has 23 unspecified atom stereocenters. The molecule has 12 fully saturated rings. The number of aliphatic carboxylic acids is 1. The number of hydrogen-bond donors (Lipinski definition) is 3. The molecule has 12 rings (SSSR count). The number of rotatable bonds is 12. The van der Waals surface area contributed by atoms with Gasteiger partial charge < -0.3 is 20.1 Å². The molecule has 0 aromatic rings. The maximum Gasteiger partial charge on any atom is 0.305 e. The molecule has 434 valence electrons. The SMILES string of the molecule is CC.CC12CC3C(CC1CCC2CCCC(=O)OCCCC1CCC2C4CCC5CCCCC5(C)C4CCC12C)C(O)CC1CCCCC13C.CC12CCC3C(C(O)CC4CCCCC43C)C1CCC2CCCC(=O)O. The number of carboxylic acids is 1. The zero-order valence-corrected chi connectivity index (χ0v) is 50.5. The van der Waals surface area contributed by atoms with Crippen molar-refractivity contribution in [1.29, 1.82) is 0 Å². The number of carbonyl (C=O) groups excluding carboxylic acids is 1. The average molecular weight is 1060 g/mol. The summed E-state index contributed by atoms with van der Waals surface area (Å²) in [7, 11) is 0. The predicted octanol–water partition coefficient (Wildman–Crippen LogP) is 17.8. The lowest BCUT2D eigenvalue weighted by atomic mass is 9.44. The summed E-state index contributed by atoms with van der Waals surface area (Å²) in [6.07, 6.45) is 45.3. The van der Waals surface area contributed by atoms with Crippen LogP contribution in [0.4, 0.5) is 0 Å². The molecule has 0 radical (unpaired) electrons. The summed E-state index contributed by atoms with van der Waals surface area (Å²) in [5, 5.41) is 31.4. The van der Waals surface area contributed by atoms with Crippen molar-refractivity contribution in [2.45, 2.75) is 299 Å². The molecule has 0 saturated heterocycles. The Labute approximate surface area is 466 Å². The van der Waals surface area contributed by atoms with E-state index in [0.29, 0.717) is 87.4 Å². The Morgan fingerprint density at radius 3 is 1.57 bits per heavy atom. The maximum atomic E-state index is 12.9. The average Bonchev–Trinajstić information content (AvgIpc) is 4.22. The summed E-state index contributed by atoms with van der Waals surface area (Å²) in [5.74, 6) is 10.9. The first-order valence-corrected chi connectivity index (χ1v) is 34.2. The molecule has 0 amide bonds. The normalized spacial score (nSPS) is 50.6. The molecular weight excluding hydrogens is 937 g/mol. The number of carbonyl (C=O) groups is 2. The molecule has 0 aromatic heterocycles. The van der Waals surface area contributed by atoms with Crippen molar-refractivity contribution in [3.05, 3.63) is 0 Å². The molecule has 12 aliphatic rings. The van der Waals surface area contributed by atoms with Gasteiger partial charge in [-0.3, -0.25) is 9.59 Å². The molecule has 6 heteroatoms. The second-order valence-corrected chi connectivity index (χ2v) is 31.6. The van der Waals surface area contributed by atoms with Gasteiger partial charge >= 0.3 is 11.9 Å². The van der Waals surface area contributed by atoms with E-state index in [1.807, 2.05) is 13.8 Å². The number of fused-ring (bicyclic) bond motifs is 14. The first kappa shape index (κ1) is 58.1. The molecule has 0 aliphatic heterocycles. The highest BCUT2D eigenvalue weighted by Crippen LogP contribution is 2.71. The summed E-state index contributed by atoms with van der Waals surface area (Å²) in [5.41, 5.74) is 2.80. The van der Waals surface area contributed by atoms with E-state index in [2.05, 4.69) is 41.5 Å². The first-order chi connectivity index (χ1) is 36.4. The monoisotopic (exact) mass is 1050 g/mol. The van der Waals surface area contributed by atoms with Gasteiger partial charge in [0, 0.05) is 12.8 Å². The molecule has 6 nitrogen and oxygen atoms in total. The lowest BCUT2D eigenvalue weighted by molar-refractivity contribution is -0.162. The van der Waals surface area contributed by atoms with Crippen molar-refractivity contribution in [1.82, 2.24) is 0 Å². The van der Waals surface area contributed by atoms with Crippen LogP contribution in [0.3, 0.4) is 0 Å². The van der Waals surface area contributed by atoms with E-state index in [1.165, 1.54) is 180 Å². The van der Waals surface area contributed by atoms with Crippen LogP contribution in [0.2, 0.25) is 0 Å². The van der Waals surface area contributed by atoms with Gasteiger partial charge in [-0.1, -0.05) is 93.9 Å². The van der Waals surface area contributed by atoms with E-state index in [0.717, 1.165) is 91.8 Å². The Morgan fingerprint density at radius 2 is 0.908 bits per heavy atom. The van der Waals surface area contributed by atoms with Gasteiger partial charge in [0.15, 0.2) is 0 Å². The summed E-state index contributed by atoms with van der Waals surface area (Å²) in [6.45, 7) is 20.3. The van der Waals surface area contributed by atoms with E-state index < -0.39 is 5.97 Å². The molecule has 0 spiro atoms. The molecule has 0 aromatic carbocycles. The zero-order valence-electron chi connectivity index (χ0n) is 50.5. The van der Waals surface area contributed by atoms with Crippen LogP contribution in [-0.2, 0) is 14.3 Å². The van der Waals surface area contributed by atoms with E-state index >= 15 is 0 Å². The lowest BCUT2D eigenvalue weighted by Crippen LogP contribution is -2.57. The van der Waals surface area contributed by atoms with Crippen LogP contribution in [-0.4, -0.2) is 46.1 Å².